The first-order valence-corrected chi connectivity index (χ1v) is 4.19. The van der Waals surface area contributed by atoms with Gasteiger partial charge in [0.2, 0.25) is 0 Å². The van der Waals surface area contributed by atoms with Crippen LogP contribution < -0.4 is 0 Å². The molecule has 0 radical (unpaired) electrons. The van der Waals surface area contributed by atoms with Crippen molar-refractivity contribution in [1.29, 1.82) is 0 Å². The molecule has 0 aromatic rings. The molecular weight excluding hydrogens is 134 g/mol. The Bertz CT molecular complexity index is 134. The van der Waals surface area contributed by atoms with Gasteiger partial charge in [-0.25, -0.2) is 0 Å². The number of allylic oxidation sites excluding steroid dienone is 3. The molecule has 0 N–H and O–H groups in total. The van der Waals surface area contributed by atoms with Crippen molar-refractivity contribution in [3.05, 3.63) is 24.4 Å². The summed E-state index contributed by atoms with van der Waals surface area (Å²) in [6, 6.07) is 0. The lowest BCUT2D eigenvalue weighted by Crippen LogP contribution is -2.10. The zero-order valence-electron chi connectivity index (χ0n) is 7.93. The Morgan fingerprint density at radius 1 is 1.45 bits per heavy atom. The highest BCUT2D eigenvalue weighted by Crippen LogP contribution is 2.08. The van der Waals surface area contributed by atoms with Gasteiger partial charge in [-0.05, 0) is 19.3 Å². The topological polar surface area (TPSA) is 3.24 Å². The van der Waals surface area contributed by atoms with E-state index in [1.54, 1.807) is 0 Å². The van der Waals surface area contributed by atoms with E-state index in [1.807, 2.05) is 6.08 Å². The van der Waals surface area contributed by atoms with E-state index in [0.717, 1.165) is 19.3 Å². The highest BCUT2D eigenvalue weighted by molar-refractivity contribution is 5.00. The molecule has 0 bridgehead atoms. The second-order valence-corrected chi connectivity index (χ2v) is 2.83. The van der Waals surface area contributed by atoms with Gasteiger partial charge in [-0.2, -0.15) is 0 Å². The predicted octanol–water partition coefficient (Wildman–Crippen LogP) is 2.81. The first-order valence-electron chi connectivity index (χ1n) is 4.19. The van der Waals surface area contributed by atoms with E-state index in [2.05, 4.69) is 38.6 Å². The van der Waals surface area contributed by atoms with Crippen molar-refractivity contribution >= 4 is 0 Å². The van der Waals surface area contributed by atoms with Crippen molar-refractivity contribution in [2.24, 2.45) is 0 Å². The van der Waals surface area contributed by atoms with Crippen LogP contribution in [0, 0.1) is 0 Å². The van der Waals surface area contributed by atoms with Crippen LogP contribution in [0.15, 0.2) is 24.4 Å². The first kappa shape index (κ1) is 10.3. The molecule has 0 rings (SSSR count). The molecule has 0 saturated heterocycles. The van der Waals surface area contributed by atoms with Crippen molar-refractivity contribution in [3.8, 4) is 0 Å². The van der Waals surface area contributed by atoms with Crippen molar-refractivity contribution in [3.63, 3.8) is 0 Å². The fraction of sp³-hybridized carbons (Fsp3) is 0.600. The Labute approximate surface area is 70.4 Å². The Morgan fingerprint density at radius 3 is 2.45 bits per heavy atom. The summed E-state index contributed by atoms with van der Waals surface area (Å²) in [4.78, 5) is 2.17. The van der Waals surface area contributed by atoms with Gasteiger partial charge in [0, 0.05) is 19.8 Å². The fourth-order valence-corrected chi connectivity index (χ4v) is 0.994. The summed E-state index contributed by atoms with van der Waals surface area (Å²) in [6.07, 6.45) is 7.54. The van der Waals surface area contributed by atoms with Crippen LogP contribution in [0.1, 0.15) is 26.2 Å². The number of hydrogen-bond acceptors (Lipinski definition) is 1. The van der Waals surface area contributed by atoms with Gasteiger partial charge in [0.05, 0.1) is 0 Å². The summed E-state index contributed by atoms with van der Waals surface area (Å²) in [5, 5.41) is 0. The molecular formula is C10H19N. The van der Waals surface area contributed by atoms with Gasteiger partial charge in [-0.1, -0.05) is 19.1 Å². The molecule has 0 aromatic heterocycles. The third-order valence-electron chi connectivity index (χ3n) is 1.62. The average Bonchev–Trinajstić information content (AvgIpc) is 1.97. The molecule has 1 nitrogen and oxygen atoms in total. The van der Waals surface area contributed by atoms with Gasteiger partial charge in [0.1, 0.15) is 0 Å². The van der Waals surface area contributed by atoms with E-state index < -0.39 is 0 Å². The van der Waals surface area contributed by atoms with E-state index >= 15 is 0 Å². The standard InChI is InChI=1S/C10H19N/c1-5-7-9-10(8-6-2)11(3)4/h5,8H,1,6-7,9H2,2-4H3/b10-8-. The molecule has 0 aromatic carbocycles. The smallest absolute Gasteiger partial charge is 0.00899 e. The second kappa shape index (κ2) is 6.02. The SMILES string of the molecule is C=CCC/C(=C/CC)N(C)C. The van der Waals surface area contributed by atoms with E-state index in [9.17, 15) is 0 Å². The van der Waals surface area contributed by atoms with Crippen LogP contribution in [0.3, 0.4) is 0 Å². The quantitative estimate of drug-likeness (QED) is 0.549. The van der Waals surface area contributed by atoms with E-state index in [0.29, 0.717) is 0 Å². The Morgan fingerprint density at radius 2 is 2.09 bits per heavy atom. The van der Waals surface area contributed by atoms with Gasteiger partial charge < -0.3 is 4.90 Å². The molecule has 0 fully saturated rings. The summed E-state index contributed by atoms with van der Waals surface area (Å²) < 4.78 is 0. The van der Waals surface area contributed by atoms with E-state index in [4.69, 9.17) is 0 Å². The van der Waals surface area contributed by atoms with Gasteiger partial charge >= 0.3 is 0 Å². The van der Waals surface area contributed by atoms with E-state index in [-0.39, 0.29) is 0 Å². The molecule has 11 heavy (non-hydrogen) atoms. The second-order valence-electron chi connectivity index (χ2n) is 2.83. The van der Waals surface area contributed by atoms with Crippen LogP contribution in [0.5, 0.6) is 0 Å². The van der Waals surface area contributed by atoms with Crippen LogP contribution >= 0.6 is 0 Å². The lowest BCUT2D eigenvalue weighted by atomic mass is 10.2. The summed E-state index contributed by atoms with van der Waals surface area (Å²) >= 11 is 0. The highest BCUT2D eigenvalue weighted by atomic mass is 15.1. The monoisotopic (exact) mass is 153 g/mol. The normalized spacial score (nSPS) is 11.4. The van der Waals surface area contributed by atoms with Crippen molar-refractivity contribution in [2.75, 3.05) is 14.1 Å². The molecule has 64 valence electrons. The molecule has 0 spiro atoms. The summed E-state index contributed by atoms with van der Waals surface area (Å²) in [6.45, 7) is 5.87. The molecule has 0 atom stereocenters. The molecule has 0 aliphatic rings. The number of hydrogen-bond donors (Lipinski definition) is 0. The summed E-state index contributed by atoms with van der Waals surface area (Å²) in [5.41, 5.74) is 1.41. The third kappa shape index (κ3) is 4.65. The van der Waals surface area contributed by atoms with Crippen LogP contribution in [-0.4, -0.2) is 19.0 Å². The first-order chi connectivity index (χ1) is 5.22. The highest BCUT2D eigenvalue weighted by Gasteiger charge is 1.95. The van der Waals surface area contributed by atoms with Crippen molar-refractivity contribution in [2.45, 2.75) is 26.2 Å². The van der Waals surface area contributed by atoms with Crippen LogP contribution in [-0.2, 0) is 0 Å². The third-order valence-corrected chi connectivity index (χ3v) is 1.62. The zero-order chi connectivity index (χ0) is 8.69. The lowest BCUT2D eigenvalue weighted by Gasteiger charge is -2.16. The van der Waals surface area contributed by atoms with Crippen LogP contribution in [0.4, 0.5) is 0 Å². The van der Waals surface area contributed by atoms with E-state index in [1.165, 1.54) is 5.70 Å². The lowest BCUT2D eigenvalue weighted by molar-refractivity contribution is 0.485. The molecule has 1 heteroatoms. The largest absolute Gasteiger partial charge is 0.381 e. The van der Waals surface area contributed by atoms with Gasteiger partial charge in [-0.15, -0.1) is 6.58 Å². The van der Waals surface area contributed by atoms with Gasteiger partial charge in [-0.3, -0.25) is 0 Å². The number of rotatable bonds is 5. The summed E-state index contributed by atoms with van der Waals surface area (Å²) in [7, 11) is 4.18. The molecule has 0 unspecified atom stereocenters. The van der Waals surface area contributed by atoms with Crippen LogP contribution in [0.25, 0.3) is 0 Å². The maximum atomic E-state index is 3.71. The molecule has 0 heterocycles. The maximum absolute atomic E-state index is 3.71. The fourth-order valence-electron chi connectivity index (χ4n) is 0.994. The van der Waals surface area contributed by atoms with Crippen molar-refractivity contribution in [1.82, 2.24) is 4.90 Å². The summed E-state index contributed by atoms with van der Waals surface area (Å²) in [5.74, 6) is 0. The Hall–Kier alpha value is -0.720. The molecule has 0 saturated carbocycles. The molecule has 0 amide bonds. The minimum atomic E-state index is 1.07. The van der Waals surface area contributed by atoms with Gasteiger partial charge in [0.15, 0.2) is 0 Å². The average molecular weight is 153 g/mol. The Kier molecular flexibility index (Phi) is 5.63. The maximum Gasteiger partial charge on any atom is 0.00899 e. The predicted molar refractivity (Wildman–Crippen MR) is 51.5 cm³/mol. The van der Waals surface area contributed by atoms with Crippen molar-refractivity contribution < 1.29 is 0 Å². The minimum absolute atomic E-state index is 1.07. The minimum Gasteiger partial charge on any atom is -0.381 e. The zero-order valence-corrected chi connectivity index (χ0v) is 7.93. The molecule has 0 aliphatic carbocycles. The van der Waals surface area contributed by atoms with Gasteiger partial charge in [0.25, 0.3) is 0 Å². The van der Waals surface area contributed by atoms with Crippen LogP contribution in [0.2, 0.25) is 0 Å². The number of nitrogens with zero attached hydrogens (tertiary/aromatic N) is 1. The molecule has 0 aliphatic heterocycles. The Balaban J connectivity index is 3.89.